The predicted molar refractivity (Wildman–Crippen MR) is 104 cm³/mol. The van der Waals surface area contributed by atoms with Gasteiger partial charge in [-0.05, 0) is 0 Å². The molecule has 2 aromatic rings. The van der Waals surface area contributed by atoms with E-state index in [1.54, 1.807) is 22.3 Å². The molecule has 0 nitrogen and oxygen atoms in total. The van der Waals surface area contributed by atoms with Crippen LogP contribution in [0.5, 0.6) is 0 Å². The third-order valence-corrected chi connectivity index (χ3v) is 23.3. The number of rotatable bonds is 2. The first-order chi connectivity index (χ1) is 11.5. The van der Waals surface area contributed by atoms with Gasteiger partial charge in [-0.15, -0.1) is 0 Å². The molecule has 0 saturated carbocycles. The molecule has 0 aliphatic heterocycles. The fourth-order valence-corrected chi connectivity index (χ4v) is 24.1. The summed E-state index contributed by atoms with van der Waals surface area (Å²) in [5.41, 5.74) is 12.4. The zero-order chi connectivity index (χ0) is 17.0. The van der Waals surface area contributed by atoms with Gasteiger partial charge in [0.05, 0.1) is 0 Å². The molecule has 0 fully saturated rings. The number of fused-ring (bicyclic) bond motifs is 2. The second kappa shape index (κ2) is 6.07. The molecule has 0 spiro atoms. The number of hydrogen-bond acceptors (Lipinski definition) is 0. The zero-order valence-corrected chi connectivity index (χ0v) is 20.0. The van der Waals surface area contributed by atoms with Gasteiger partial charge in [0, 0.05) is 0 Å². The van der Waals surface area contributed by atoms with Crippen molar-refractivity contribution in [3.63, 3.8) is 0 Å². The Balaban J connectivity index is 1.80. The van der Waals surface area contributed by atoms with Crippen LogP contribution in [0.2, 0.25) is 0 Å². The van der Waals surface area contributed by atoms with Gasteiger partial charge in [-0.25, -0.2) is 0 Å². The summed E-state index contributed by atoms with van der Waals surface area (Å²) in [4.78, 5) is 0. The van der Waals surface area contributed by atoms with E-state index in [0.717, 1.165) is 7.35 Å². The molecule has 2 aliphatic carbocycles. The third kappa shape index (κ3) is 2.42. The van der Waals surface area contributed by atoms with Gasteiger partial charge in [0.25, 0.3) is 0 Å². The molecule has 0 bridgehead atoms. The third-order valence-electron chi connectivity index (χ3n) is 5.73. The second-order valence-corrected chi connectivity index (χ2v) is 22.3. The molecule has 0 heterocycles. The summed E-state index contributed by atoms with van der Waals surface area (Å²) in [6, 6.07) is 13.8. The van der Waals surface area contributed by atoms with Gasteiger partial charge >= 0.3 is 155 Å². The summed E-state index contributed by atoms with van der Waals surface area (Å²) < 4.78 is 1.51. The van der Waals surface area contributed by atoms with Crippen molar-refractivity contribution in [3.05, 3.63) is 80.9 Å². The molecule has 2 heteroatoms. The normalized spacial score (nSPS) is 21.2. The molecule has 2 atom stereocenters. The Labute approximate surface area is 154 Å². The summed E-state index contributed by atoms with van der Waals surface area (Å²) in [6.07, 6.45) is 4.94. The summed E-state index contributed by atoms with van der Waals surface area (Å²) in [7, 11) is 0. The molecule has 0 N–H and O–H groups in total. The van der Waals surface area contributed by atoms with E-state index in [-0.39, 0.29) is 0 Å². The Morgan fingerprint density at radius 3 is 1.54 bits per heavy atom. The number of aryl methyl sites for hydroxylation is 2. The van der Waals surface area contributed by atoms with Crippen LogP contribution in [0, 0.1) is 13.8 Å². The molecule has 0 saturated heterocycles. The van der Waals surface area contributed by atoms with E-state index in [2.05, 4.69) is 83.2 Å². The number of benzene rings is 2. The Bertz CT molecular complexity index is 857. The van der Waals surface area contributed by atoms with E-state index < -0.39 is 20.1 Å². The van der Waals surface area contributed by atoms with Crippen molar-refractivity contribution < 1.29 is 20.1 Å². The van der Waals surface area contributed by atoms with Crippen molar-refractivity contribution in [1.82, 2.24) is 0 Å². The Kier molecular flexibility index (Phi) is 4.16. The molecule has 0 radical (unpaired) electrons. The molecule has 0 amide bonds. The summed E-state index contributed by atoms with van der Waals surface area (Å²) in [5, 5.41) is 0. The molecule has 2 aliphatic rings. The molecular weight excluding hydrogens is 471 g/mol. The van der Waals surface area contributed by atoms with Gasteiger partial charge in [-0.1, -0.05) is 0 Å². The van der Waals surface area contributed by atoms with Gasteiger partial charge in [0.2, 0.25) is 0 Å². The second-order valence-electron chi connectivity index (χ2n) is 7.37. The van der Waals surface area contributed by atoms with Crippen LogP contribution < -0.4 is 0 Å². The van der Waals surface area contributed by atoms with Crippen LogP contribution in [-0.4, -0.2) is 6.94 Å². The average Bonchev–Trinajstić information content (AvgIpc) is 3.05. The molecule has 2 aromatic carbocycles. The Morgan fingerprint density at radius 2 is 1.12 bits per heavy atom. The van der Waals surface area contributed by atoms with E-state index in [9.17, 15) is 0 Å². The van der Waals surface area contributed by atoms with Crippen molar-refractivity contribution in [2.75, 3.05) is 0 Å². The topological polar surface area (TPSA) is 0 Å². The first kappa shape index (κ1) is 16.5. The average molecular weight is 495 g/mol. The van der Waals surface area contributed by atoms with Crippen molar-refractivity contribution in [2.24, 2.45) is 0 Å². The van der Waals surface area contributed by atoms with Gasteiger partial charge in [-0.2, -0.15) is 0 Å². The molecule has 2 unspecified atom stereocenters. The van der Waals surface area contributed by atoms with Crippen LogP contribution in [-0.2, 0) is 20.1 Å². The molecule has 4 rings (SSSR count). The zero-order valence-electron chi connectivity index (χ0n) is 15.0. The van der Waals surface area contributed by atoms with Crippen LogP contribution in [0.4, 0.5) is 0 Å². The summed E-state index contributed by atoms with van der Waals surface area (Å²) in [5.74, 6) is 0. The van der Waals surface area contributed by atoms with Crippen LogP contribution in [0.3, 0.4) is 0 Å². The molecular formula is C22H24HfSi. The van der Waals surface area contributed by atoms with Crippen molar-refractivity contribution >= 4 is 19.1 Å². The van der Waals surface area contributed by atoms with Gasteiger partial charge in [0.1, 0.15) is 0 Å². The van der Waals surface area contributed by atoms with E-state index in [0.29, 0.717) is 0 Å². The SMILES string of the molecule is CC1=Cc2c(C)cccc2[CH]1[Hf](=[SiH2])[CH]1C(C)=Cc2c(C)cccc21. The summed E-state index contributed by atoms with van der Waals surface area (Å²) >= 11 is -1.93. The Morgan fingerprint density at radius 1 is 0.708 bits per heavy atom. The van der Waals surface area contributed by atoms with E-state index in [1.165, 1.54) is 22.3 Å². The van der Waals surface area contributed by atoms with E-state index in [1.807, 2.05) is 0 Å². The van der Waals surface area contributed by atoms with Crippen LogP contribution in [0.25, 0.3) is 12.2 Å². The van der Waals surface area contributed by atoms with E-state index in [4.69, 9.17) is 0 Å². The van der Waals surface area contributed by atoms with Gasteiger partial charge in [-0.3, -0.25) is 0 Å². The van der Waals surface area contributed by atoms with Crippen molar-refractivity contribution in [3.8, 4) is 0 Å². The fraction of sp³-hybridized carbons (Fsp3) is 0.273. The number of hydrogen-bond donors (Lipinski definition) is 0. The summed E-state index contributed by atoms with van der Waals surface area (Å²) in [6.45, 7) is 11.7. The van der Waals surface area contributed by atoms with Gasteiger partial charge < -0.3 is 0 Å². The first-order valence-electron chi connectivity index (χ1n) is 8.73. The Hall–Kier alpha value is -0.993. The van der Waals surface area contributed by atoms with Crippen LogP contribution in [0.15, 0.2) is 47.5 Å². The van der Waals surface area contributed by atoms with Crippen LogP contribution in [0.1, 0.15) is 54.6 Å². The minimum atomic E-state index is -1.93. The predicted octanol–water partition coefficient (Wildman–Crippen LogP) is 5.09. The van der Waals surface area contributed by atoms with Gasteiger partial charge in [0.15, 0.2) is 0 Å². The van der Waals surface area contributed by atoms with Crippen LogP contribution >= 0.6 is 0 Å². The standard InChI is InChI=1S/2C11H11.Hf.H2Si/c2*1-8-6-10-5-3-4-9(2)11(10)7-8;;/h2*3-7H,1-2H3;;1H2. The van der Waals surface area contributed by atoms with E-state index >= 15 is 0 Å². The quantitative estimate of drug-likeness (QED) is 0.510. The maximum atomic E-state index is 2.47. The molecule has 24 heavy (non-hydrogen) atoms. The molecule has 0 aromatic heterocycles. The fourth-order valence-electron chi connectivity index (χ4n) is 4.57. The number of allylic oxidation sites excluding steroid dienone is 2. The minimum absolute atomic E-state index is 0.753. The maximum absolute atomic E-state index is 2.47. The molecule has 120 valence electrons. The van der Waals surface area contributed by atoms with Crippen molar-refractivity contribution in [1.29, 1.82) is 0 Å². The first-order valence-corrected chi connectivity index (χ1v) is 21.2. The van der Waals surface area contributed by atoms with Crippen molar-refractivity contribution in [2.45, 2.75) is 35.0 Å². The monoisotopic (exact) mass is 496 g/mol.